The normalized spacial score (nSPS) is 16.7. The van der Waals surface area contributed by atoms with E-state index < -0.39 is 0 Å². The highest BCUT2D eigenvalue weighted by atomic mass is 35.5. The van der Waals surface area contributed by atoms with Gasteiger partial charge in [0.05, 0.1) is 28.9 Å². The van der Waals surface area contributed by atoms with Gasteiger partial charge in [-0.2, -0.15) is 5.26 Å². The molecule has 2 aromatic carbocycles. The molecule has 1 aromatic heterocycles. The van der Waals surface area contributed by atoms with E-state index in [-0.39, 0.29) is 11.3 Å². The molecule has 0 spiro atoms. The summed E-state index contributed by atoms with van der Waals surface area (Å²) in [4.78, 5) is 16.7. The van der Waals surface area contributed by atoms with Crippen molar-refractivity contribution in [3.05, 3.63) is 70.9 Å². The zero-order valence-electron chi connectivity index (χ0n) is 13.5. The first kappa shape index (κ1) is 16.7. The number of anilines is 1. The Balaban J connectivity index is 1.67. The summed E-state index contributed by atoms with van der Waals surface area (Å²) < 4.78 is 0. The van der Waals surface area contributed by atoms with Gasteiger partial charge in [-0.15, -0.1) is 0 Å². The highest BCUT2D eigenvalue weighted by Crippen LogP contribution is 2.36. The lowest BCUT2D eigenvalue weighted by atomic mass is 10.1. The molecule has 1 saturated heterocycles. The van der Waals surface area contributed by atoms with Crippen molar-refractivity contribution in [2.45, 2.75) is 6.04 Å². The minimum absolute atomic E-state index is 0.0433. The summed E-state index contributed by atoms with van der Waals surface area (Å²) >= 11 is 7.31. The smallest absolute Gasteiger partial charge is 0.294 e. The van der Waals surface area contributed by atoms with Crippen molar-refractivity contribution in [1.29, 1.82) is 5.26 Å². The van der Waals surface area contributed by atoms with Crippen molar-refractivity contribution in [2.75, 3.05) is 11.2 Å². The van der Waals surface area contributed by atoms with Gasteiger partial charge in [-0.25, -0.2) is 5.01 Å². The first-order chi connectivity index (χ1) is 12.7. The minimum Gasteiger partial charge on any atom is -0.294 e. The first-order valence-corrected chi connectivity index (χ1v) is 9.29. The van der Waals surface area contributed by atoms with Gasteiger partial charge in [-0.3, -0.25) is 15.2 Å². The Kier molecular flexibility index (Phi) is 4.41. The number of rotatable bonds is 3. The van der Waals surface area contributed by atoms with Crippen LogP contribution in [0, 0.1) is 11.3 Å². The van der Waals surface area contributed by atoms with Crippen LogP contribution in [0.15, 0.2) is 54.7 Å². The molecule has 0 aliphatic carbocycles. The molecule has 1 N–H and O–H groups in total. The standard InChI is InChI=1S/C19H13ClN4OS/c20-14-5-6-15-16(7-8-22-17(15)9-14)23-24-18(11-26-19(24)25)13-3-1-12(10-21)2-4-13/h1-9,18H,11H2,(H,22,23). The van der Waals surface area contributed by atoms with Crippen molar-refractivity contribution in [2.24, 2.45) is 0 Å². The molecule has 1 unspecified atom stereocenters. The molecule has 0 saturated carbocycles. The zero-order valence-corrected chi connectivity index (χ0v) is 15.1. The van der Waals surface area contributed by atoms with E-state index >= 15 is 0 Å². The van der Waals surface area contributed by atoms with Gasteiger partial charge in [0.1, 0.15) is 0 Å². The van der Waals surface area contributed by atoms with E-state index in [1.807, 2.05) is 24.3 Å². The number of carbonyl (C=O) groups is 1. The number of fused-ring (bicyclic) bond motifs is 1. The Morgan fingerprint density at radius 1 is 1.23 bits per heavy atom. The minimum atomic E-state index is -0.115. The number of thioether (sulfide) groups is 1. The summed E-state index contributed by atoms with van der Waals surface area (Å²) in [5, 5.41) is 12.1. The lowest BCUT2D eigenvalue weighted by molar-refractivity contribution is 0.225. The van der Waals surface area contributed by atoms with E-state index in [4.69, 9.17) is 16.9 Å². The summed E-state index contributed by atoms with van der Waals surface area (Å²) in [5.41, 5.74) is 6.38. The maximum atomic E-state index is 12.4. The second-order valence-electron chi connectivity index (χ2n) is 5.83. The van der Waals surface area contributed by atoms with Gasteiger partial charge in [0.2, 0.25) is 0 Å². The fourth-order valence-electron chi connectivity index (χ4n) is 2.92. The molecule has 3 aromatic rings. The molecule has 1 aliphatic rings. The van der Waals surface area contributed by atoms with Gasteiger partial charge in [0, 0.05) is 22.4 Å². The number of nitrogens with zero attached hydrogens (tertiary/aromatic N) is 3. The summed E-state index contributed by atoms with van der Waals surface area (Å²) in [6.45, 7) is 0. The van der Waals surface area contributed by atoms with Gasteiger partial charge in [-0.05, 0) is 42.0 Å². The number of nitrogens with one attached hydrogen (secondary N) is 1. The van der Waals surface area contributed by atoms with E-state index in [1.54, 1.807) is 35.5 Å². The number of carbonyl (C=O) groups excluding carboxylic acids is 1. The van der Waals surface area contributed by atoms with Gasteiger partial charge in [-0.1, -0.05) is 35.5 Å². The lowest BCUT2D eigenvalue weighted by Crippen LogP contribution is -2.32. The second kappa shape index (κ2) is 6.87. The summed E-state index contributed by atoms with van der Waals surface area (Å²) in [6, 6.07) is 16.6. The van der Waals surface area contributed by atoms with Crippen LogP contribution >= 0.6 is 23.4 Å². The molecule has 1 atom stereocenters. The third-order valence-electron chi connectivity index (χ3n) is 4.24. The third-order valence-corrected chi connectivity index (χ3v) is 5.40. The Bertz CT molecular complexity index is 1030. The zero-order chi connectivity index (χ0) is 18.1. The van der Waals surface area contributed by atoms with Crippen LogP contribution in [-0.2, 0) is 0 Å². The van der Waals surface area contributed by atoms with Gasteiger partial charge in [0.15, 0.2) is 0 Å². The predicted octanol–water partition coefficient (Wildman–Crippen LogP) is 5.00. The number of hydrogen-bond acceptors (Lipinski definition) is 5. The average Bonchev–Trinajstić information content (AvgIpc) is 3.02. The van der Waals surface area contributed by atoms with Crippen LogP contribution in [0.1, 0.15) is 17.2 Å². The Hall–Kier alpha value is -2.75. The monoisotopic (exact) mass is 380 g/mol. The van der Waals surface area contributed by atoms with Gasteiger partial charge >= 0.3 is 5.24 Å². The lowest BCUT2D eigenvalue weighted by Gasteiger charge is -2.26. The molecule has 1 fully saturated rings. The van der Waals surface area contributed by atoms with Crippen molar-refractivity contribution >= 4 is 45.2 Å². The Morgan fingerprint density at radius 2 is 2.04 bits per heavy atom. The topological polar surface area (TPSA) is 69.0 Å². The largest absolute Gasteiger partial charge is 0.300 e. The van der Waals surface area contributed by atoms with Gasteiger partial charge in [0.25, 0.3) is 0 Å². The molecule has 128 valence electrons. The number of amides is 1. The molecule has 1 amide bonds. The molecular formula is C19H13ClN4OS. The first-order valence-electron chi connectivity index (χ1n) is 7.93. The quantitative estimate of drug-likeness (QED) is 0.692. The Labute approximate surface area is 159 Å². The highest BCUT2D eigenvalue weighted by Gasteiger charge is 2.33. The number of pyridine rings is 1. The molecule has 0 radical (unpaired) electrons. The van der Waals surface area contributed by atoms with Crippen LogP contribution < -0.4 is 5.43 Å². The van der Waals surface area contributed by atoms with E-state index in [9.17, 15) is 4.79 Å². The SMILES string of the molecule is N#Cc1ccc(C2CSC(=O)N2Nc2ccnc3cc(Cl)ccc23)cc1. The third kappa shape index (κ3) is 3.07. The molecule has 2 heterocycles. The molecule has 5 nitrogen and oxygen atoms in total. The second-order valence-corrected chi connectivity index (χ2v) is 7.24. The average molecular weight is 381 g/mol. The van der Waals surface area contributed by atoms with E-state index in [0.717, 1.165) is 22.2 Å². The number of hydrogen-bond donors (Lipinski definition) is 1. The van der Waals surface area contributed by atoms with Crippen LogP contribution in [0.3, 0.4) is 0 Å². The van der Waals surface area contributed by atoms with Crippen LogP contribution in [0.5, 0.6) is 0 Å². The summed E-state index contributed by atoms with van der Waals surface area (Å²) in [7, 11) is 0. The maximum absolute atomic E-state index is 12.4. The van der Waals surface area contributed by atoms with E-state index in [2.05, 4.69) is 16.5 Å². The number of halogens is 1. The number of hydrazine groups is 1. The van der Waals surface area contributed by atoms with Crippen LogP contribution in [0.4, 0.5) is 10.5 Å². The molecule has 0 bridgehead atoms. The number of aromatic nitrogens is 1. The van der Waals surface area contributed by atoms with Crippen molar-refractivity contribution in [3.8, 4) is 6.07 Å². The van der Waals surface area contributed by atoms with Crippen LogP contribution in [0.25, 0.3) is 10.9 Å². The van der Waals surface area contributed by atoms with Crippen molar-refractivity contribution in [1.82, 2.24) is 9.99 Å². The fraction of sp³-hybridized carbons (Fsp3) is 0.105. The Morgan fingerprint density at radius 3 is 2.81 bits per heavy atom. The molecule has 4 rings (SSSR count). The number of nitriles is 1. The maximum Gasteiger partial charge on any atom is 0.300 e. The summed E-state index contributed by atoms with van der Waals surface area (Å²) in [5.74, 6) is 0.645. The van der Waals surface area contributed by atoms with E-state index in [1.165, 1.54) is 11.8 Å². The molecular weight excluding hydrogens is 368 g/mol. The fourth-order valence-corrected chi connectivity index (χ4v) is 4.04. The molecule has 26 heavy (non-hydrogen) atoms. The van der Waals surface area contributed by atoms with Crippen LogP contribution in [0.2, 0.25) is 5.02 Å². The molecule has 7 heteroatoms. The summed E-state index contributed by atoms with van der Waals surface area (Å²) in [6.07, 6.45) is 1.69. The van der Waals surface area contributed by atoms with E-state index in [0.29, 0.717) is 16.3 Å². The van der Waals surface area contributed by atoms with Crippen molar-refractivity contribution < 1.29 is 4.79 Å². The predicted molar refractivity (Wildman–Crippen MR) is 104 cm³/mol. The van der Waals surface area contributed by atoms with Crippen molar-refractivity contribution in [3.63, 3.8) is 0 Å². The van der Waals surface area contributed by atoms with Crippen LogP contribution in [-0.4, -0.2) is 21.0 Å². The highest BCUT2D eigenvalue weighted by molar-refractivity contribution is 8.13. The number of benzene rings is 2. The molecule has 1 aliphatic heterocycles. The van der Waals surface area contributed by atoms with Gasteiger partial charge < -0.3 is 0 Å².